The van der Waals surface area contributed by atoms with E-state index in [0.29, 0.717) is 0 Å². The van der Waals surface area contributed by atoms with Gasteiger partial charge in [0.15, 0.2) is 0 Å². The minimum atomic E-state index is 0.818. The summed E-state index contributed by atoms with van der Waals surface area (Å²) in [4.78, 5) is 2.48. The van der Waals surface area contributed by atoms with E-state index in [1.54, 1.807) is 20.3 Å². The summed E-state index contributed by atoms with van der Waals surface area (Å²) in [5.74, 6) is 1.64. The summed E-state index contributed by atoms with van der Waals surface area (Å²) in [6.07, 6.45) is 8.27. The highest BCUT2D eigenvalue weighted by Gasteiger charge is 2.05. The molecular weight excluding hydrogens is 502 g/mol. The van der Waals surface area contributed by atoms with Crippen molar-refractivity contribution < 1.29 is 9.47 Å². The van der Waals surface area contributed by atoms with Gasteiger partial charge in [-0.05, 0) is 94.3 Å². The lowest BCUT2D eigenvalue weighted by atomic mass is 10.0. The summed E-state index contributed by atoms with van der Waals surface area (Å²) >= 11 is 0. The Morgan fingerprint density at radius 2 is 1.29 bits per heavy atom. The number of nitrogens with zero attached hydrogens (tertiary/aromatic N) is 1. The second-order valence-electron chi connectivity index (χ2n) is 9.63. The van der Waals surface area contributed by atoms with Gasteiger partial charge in [0.05, 0.1) is 14.2 Å². The van der Waals surface area contributed by atoms with Crippen LogP contribution in [0.5, 0.6) is 11.5 Å². The van der Waals surface area contributed by atoms with E-state index >= 15 is 0 Å². The van der Waals surface area contributed by atoms with Gasteiger partial charge in [-0.3, -0.25) is 0 Å². The Bertz CT molecular complexity index is 1010. The number of allylic oxidation sites excluding steroid dienone is 6. The number of methoxy groups -OCH3 is 2. The zero-order chi connectivity index (χ0) is 31.8. The lowest BCUT2D eigenvalue weighted by Gasteiger charge is -2.24. The van der Waals surface area contributed by atoms with Crippen LogP contribution >= 0.6 is 0 Å². The van der Waals surface area contributed by atoms with E-state index in [2.05, 4.69) is 89.9 Å². The zero-order valence-electron chi connectivity index (χ0n) is 28.6. The van der Waals surface area contributed by atoms with Crippen molar-refractivity contribution in [2.45, 2.75) is 94.9 Å². The van der Waals surface area contributed by atoms with E-state index in [4.69, 9.17) is 9.47 Å². The fraction of sp³-hybridized carbons (Fsp3) is 0.474. The summed E-state index contributed by atoms with van der Waals surface area (Å²) in [5.41, 5.74) is 8.94. The first-order valence-electron chi connectivity index (χ1n) is 15.4. The summed E-state index contributed by atoms with van der Waals surface area (Å²) in [5, 5.41) is 0. The molecule has 0 fully saturated rings. The van der Waals surface area contributed by atoms with Gasteiger partial charge < -0.3 is 14.4 Å². The molecule has 230 valence electrons. The molecule has 2 rings (SSSR count). The van der Waals surface area contributed by atoms with Gasteiger partial charge >= 0.3 is 0 Å². The summed E-state index contributed by atoms with van der Waals surface area (Å²) in [7, 11) is 3.31. The van der Waals surface area contributed by atoms with Crippen LogP contribution in [0.1, 0.15) is 99.6 Å². The number of hydrogen-bond donors (Lipinski definition) is 0. The van der Waals surface area contributed by atoms with Gasteiger partial charge in [-0.25, -0.2) is 0 Å². The van der Waals surface area contributed by atoms with Crippen LogP contribution in [-0.2, 0) is 6.42 Å². The highest BCUT2D eigenvalue weighted by molar-refractivity contribution is 5.68. The molecule has 0 amide bonds. The van der Waals surface area contributed by atoms with Crippen LogP contribution in [0.15, 0.2) is 84.5 Å². The Morgan fingerprint density at radius 3 is 1.68 bits per heavy atom. The summed E-state index contributed by atoms with van der Waals surface area (Å²) in [6.45, 7) is 31.0. The van der Waals surface area contributed by atoms with Crippen molar-refractivity contribution in [1.29, 1.82) is 0 Å². The molecule has 3 heteroatoms. The number of aryl methyl sites for hydroxylation is 1. The predicted molar refractivity (Wildman–Crippen MR) is 187 cm³/mol. The smallest absolute Gasteiger partial charge is 0.122 e. The average molecular weight is 564 g/mol. The minimum absolute atomic E-state index is 0.818. The molecule has 0 spiro atoms. The standard InChI is InChI=1S/C20H31N.C14H18O2.2C2H6/c1-7-13-21(14-8-2)20-11-9-19(10-12-20)18(6)15-17(5)16(3)4;1-5-11(2)6-7-12-8-13(15-3)10-14(9-12)16-4;2*1-2/h9-12,15H,7-8,13-14H2,1-6H3;5,8-10H,1-2,6-7H2,3-4H3;2*1-2H3/b18-15+;;;. The Balaban J connectivity index is 0. The van der Waals surface area contributed by atoms with E-state index in [9.17, 15) is 0 Å². The van der Waals surface area contributed by atoms with E-state index < -0.39 is 0 Å². The largest absolute Gasteiger partial charge is 0.497 e. The number of anilines is 1. The molecule has 0 unspecified atom stereocenters. The molecule has 0 saturated carbocycles. The predicted octanol–water partition coefficient (Wildman–Crippen LogP) is 11.5. The van der Waals surface area contributed by atoms with Gasteiger partial charge in [0, 0.05) is 24.8 Å². The molecule has 0 aromatic heterocycles. The lowest BCUT2D eigenvalue weighted by molar-refractivity contribution is 0.393. The molecule has 0 aliphatic rings. The Morgan fingerprint density at radius 1 is 0.805 bits per heavy atom. The van der Waals surface area contributed by atoms with Crippen molar-refractivity contribution in [1.82, 2.24) is 0 Å². The van der Waals surface area contributed by atoms with Gasteiger partial charge in [0.1, 0.15) is 11.5 Å². The van der Waals surface area contributed by atoms with Crippen LogP contribution < -0.4 is 14.4 Å². The highest BCUT2D eigenvalue weighted by Crippen LogP contribution is 2.24. The molecule has 0 saturated heterocycles. The number of ether oxygens (including phenoxy) is 2. The molecule has 0 atom stereocenters. The third kappa shape index (κ3) is 16.6. The van der Waals surface area contributed by atoms with Crippen LogP contribution in [0.2, 0.25) is 0 Å². The minimum Gasteiger partial charge on any atom is -0.497 e. The van der Waals surface area contributed by atoms with E-state index in [0.717, 1.165) is 43.0 Å². The molecule has 2 aromatic rings. The Hall–Kier alpha value is -3.20. The van der Waals surface area contributed by atoms with Crippen molar-refractivity contribution in [3.05, 3.63) is 95.6 Å². The van der Waals surface area contributed by atoms with Gasteiger partial charge in [0.25, 0.3) is 0 Å². The SMILES string of the molecule is C=CC(=C)CCc1cc(OC)cc(OC)c1.CC.CC.CCCN(CCC)c1ccc(/C(C)=C/C(C)=C(C)C)cc1. The van der Waals surface area contributed by atoms with Gasteiger partial charge in [-0.15, -0.1) is 0 Å². The Kier molecular flexibility index (Phi) is 23.9. The maximum absolute atomic E-state index is 5.21. The van der Waals surface area contributed by atoms with Gasteiger partial charge in [-0.1, -0.05) is 95.7 Å². The summed E-state index contributed by atoms with van der Waals surface area (Å²) in [6, 6.07) is 14.9. The first-order chi connectivity index (χ1) is 19.7. The number of rotatable bonds is 13. The van der Waals surface area contributed by atoms with Crippen LogP contribution in [-0.4, -0.2) is 27.3 Å². The third-order valence-corrected chi connectivity index (χ3v) is 6.33. The van der Waals surface area contributed by atoms with Crippen molar-refractivity contribution in [2.75, 3.05) is 32.2 Å². The molecular formula is C38H61NO2. The maximum atomic E-state index is 5.21. The molecule has 0 heterocycles. The lowest BCUT2D eigenvalue weighted by Crippen LogP contribution is -2.24. The molecule has 0 N–H and O–H groups in total. The number of hydrogen-bond acceptors (Lipinski definition) is 3. The van der Waals surface area contributed by atoms with Crippen LogP contribution in [0.25, 0.3) is 5.57 Å². The quantitative estimate of drug-likeness (QED) is 0.226. The molecule has 0 radical (unpaired) electrons. The number of benzene rings is 2. The van der Waals surface area contributed by atoms with Crippen LogP contribution in [0, 0.1) is 0 Å². The summed E-state index contributed by atoms with van der Waals surface area (Å²) < 4.78 is 10.4. The second kappa shape index (κ2) is 24.6. The van der Waals surface area contributed by atoms with E-state index in [-0.39, 0.29) is 0 Å². The average Bonchev–Trinajstić information content (AvgIpc) is 3.01. The van der Waals surface area contributed by atoms with Crippen LogP contribution in [0.3, 0.4) is 0 Å². The van der Waals surface area contributed by atoms with Gasteiger partial charge in [-0.2, -0.15) is 0 Å². The van der Waals surface area contributed by atoms with E-state index in [1.807, 2.05) is 45.9 Å². The van der Waals surface area contributed by atoms with Gasteiger partial charge in [0.2, 0.25) is 0 Å². The molecule has 2 aromatic carbocycles. The normalized spacial score (nSPS) is 9.90. The van der Waals surface area contributed by atoms with Crippen LogP contribution in [0.4, 0.5) is 5.69 Å². The monoisotopic (exact) mass is 563 g/mol. The second-order valence-corrected chi connectivity index (χ2v) is 9.63. The molecule has 41 heavy (non-hydrogen) atoms. The fourth-order valence-corrected chi connectivity index (χ4v) is 3.82. The fourth-order valence-electron chi connectivity index (χ4n) is 3.82. The molecule has 0 bridgehead atoms. The Labute approximate surface area is 254 Å². The van der Waals surface area contributed by atoms with Crippen molar-refractivity contribution in [3.8, 4) is 11.5 Å². The van der Waals surface area contributed by atoms with E-state index in [1.165, 1.54) is 46.4 Å². The molecule has 0 aliphatic carbocycles. The third-order valence-electron chi connectivity index (χ3n) is 6.33. The molecule has 0 aliphatic heterocycles. The topological polar surface area (TPSA) is 21.7 Å². The molecule has 3 nitrogen and oxygen atoms in total. The van der Waals surface area contributed by atoms with Crippen molar-refractivity contribution >= 4 is 11.3 Å². The van der Waals surface area contributed by atoms with Crippen molar-refractivity contribution in [3.63, 3.8) is 0 Å². The van der Waals surface area contributed by atoms with Crippen molar-refractivity contribution in [2.24, 2.45) is 0 Å². The first kappa shape index (κ1) is 39.9. The maximum Gasteiger partial charge on any atom is 0.122 e. The highest BCUT2D eigenvalue weighted by atomic mass is 16.5. The first-order valence-corrected chi connectivity index (χ1v) is 15.4. The zero-order valence-corrected chi connectivity index (χ0v) is 28.6.